The number of hydrogen-bond acceptors (Lipinski definition) is 2. The molecule has 2 rings (SSSR count). The normalized spacial score (nSPS) is 42.5. The zero-order valence-corrected chi connectivity index (χ0v) is 8.16. The maximum atomic E-state index is 6.12. The molecule has 0 spiro atoms. The molecule has 0 aromatic rings. The van der Waals surface area contributed by atoms with Gasteiger partial charge in [0.2, 0.25) is 0 Å². The van der Waals surface area contributed by atoms with Gasteiger partial charge >= 0.3 is 0 Å². The van der Waals surface area contributed by atoms with Crippen molar-refractivity contribution in [1.29, 1.82) is 0 Å². The van der Waals surface area contributed by atoms with Crippen molar-refractivity contribution in [3.8, 4) is 0 Å². The molecule has 1 saturated heterocycles. The first-order valence-electron chi connectivity index (χ1n) is 5.18. The average Bonchev–Trinajstić information content (AvgIpc) is 2.30. The minimum absolute atomic E-state index is 0.514. The molecule has 1 heterocycles. The van der Waals surface area contributed by atoms with E-state index in [9.17, 15) is 0 Å². The van der Waals surface area contributed by atoms with Gasteiger partial charge in [-0.15, -0.1) is 0 Å². The molecule has 12 heavy (non-hydrogen) atoms. The Morgan fingerprint density at radius 2 is 1.67 bits per heavy atom. The molecule has 0 amide bonds. The Bertz CT molecular complexity index is 153. The van der Waals surface area contributed by atoms with Gasteiger partial charge < -0.3 is 10.6 Å². The van der Waals surface area contributed by atoms with Crippen LogP contribution in [0, 0.1) is 11.8 Å². The van der Waals surface area contributed by atoms with Crippen molar-refractivity contribution in [2.75, 3.05) is 13.1 Å². The standard InChI is InChI=1S/C10H20N2/c1-7(2)12-5-8-3-4-9(6-12)10(8)11/h7-10H,3-6,11H2,1-2H3/t8-,9+,10+. The van der Waals surface area contributed by atoms with Gasteiger partial charge in [-0.1, -0.05) is 0 Å². The summed E-state index contributed by atoms with van der Waals surface area (Å²) in [5.41, 5.74) is 6.12. The molecule has 0 aromatic carbocycles. The van der Waals surface area contributed by atoms with Crippen LogP contribution >= 0.6 is 0 Å². The maximum Gasteiger partial charge on any atom is 0.0120 e. The van der Waals surface area contributed by atoms with Crippen LogP contribution in [0.5, 0.6) is 0 Å². The fourth-order valence-electron chi connectivity index (χ4n) is 2.72. The van der Waals surface area contributed by atoms with Gasteiger partial charge in [0, 0.05) is 25.2 Å². The number of nitrogens with zero attached hydrogens (tertiary/aromatic N) is 1. The van der Waals surface area contributed by atoms with Gasteiger partial charge in [-0.25, -0.2) is 0 Å². The first-order valence-corrected chi connectivity index (χ1v) is 5.18. The molecule has 0 radical (unpaired) electrons. The summed E-state index contributed by atoms with van der Waals surface area (Å²) in [5.74, 6) is 1.59. The summed E-state index contributed by atoms with van der Waals surface area (Å²) < 4.78 is 0. The third-order valence-corrected chi connectivity index (χ3v) is 3.67. The Balaban J connectivity index is 2.02. The molecule has 0 unspecified atom stereocenters. The predicted octanol–water partition coefficient (Wildman–Crippen LogP) is 1.06. The van der Waals surface area contributed by atoms with E-state index in [4.69, 9.17) is 5.73 Å². The summed E-state index contributed by atoms with van der Waals surface area (Å²) >= 11 is 0. The van der Waals surface area contributed by atoms with Gasteiger partial charge in [0.25, 0.3) is 0 Å². The lowest BCUT2D eigenvalue weighted by molar-refractivity contribution is 0.117. The molecule has 70 valence electrons. The largest absolute Gasteiger partial charge is 0.327 e. The molecular formula is C10H20N2. The van der Waals surface area contributed by atoms with Crippen LogP contribution in [0.4, 0.5) is 0 Å². The van der Waals surface area contributed by atoms with Crippen LogP contribution in [0.1, 0.15) is 26.7 Å². The minimum Gasteiger partial charge on any atom is -0.327 e. The highest BCUT2D eigenvalue weighted by Gasteiger charge is 2.40. The van der Waals surface area contributed by atoms with Crippen molar-refractivity contribution in [3.63, 3.8) is 0 Å². The molecule has 2 bridgehead atoms. The van der Waals surface area contributed by atoms with Gasteiger partial charge in [0.05, 0.1) is 0 Å². The van der Waals surface area contributed by atoms with Crippen molar-refractivity contribution in [3.05, 3.63) is 0 Å². The van der Waals surface area contributed by atoms with Crippen molar-refractivity contribution in [1.82, 2.24) is 4.90 Å². The van der Waals surface area contributed by atoms with Crippen molar-refractivity contribution >= 4 is 0 Å². The molecule has 2 heteroatoms. The molecule has 1 aliphatic carbocycles. The van der Waals surface area contributed by atoms with Gasteiger partial charge in [-0.2, -0.15) is 0 Å². The average molecular weight is 168 g/mol. The zero-order valence-electron chi connectivity index (χ0n) is 8.16. The van der Waals surface area contributed by atoms with Crippen molar-refractivity contribution in [2.24, 2.45) is 17.6 Å². The summed E-state index contributed by atoms with van der Waals surface area (Å²) in [7, 11) is 0. The first-order chi connectivity index (χ1) is 5.68. The van der Waals surface area contributed by atoms with Gasteiger partial charge in [0.1, 0.15) is 0 Å². The Kier molecular flexibility index (Phi) is 2.13. The Hall–Kier alpha value is -0.0800. The summed E-state index contributed by atoms with van der Waals surface area (Å²) in [4.78, 5) is 2.59. The molecule has 2 aliphatic rings. The monoisotopic (exact) mass is 168 g/mol. The number of hydrogen-bond donors (Lipinski definition) is 1. The quantitative estimate of drug-likeness (QED) is 0.634. The summed E-state index contributed by atoms with van der Waals surface area (Å²) in [5, 5.41) is 0. The minimum atomic E-state index is 0.514. The van der Waals surface area contributed by atoms with Crippen LogP contribution in [0.15, 0.2) is 0 Å². The zero-order chi connectivity index (χ0) is 8.72. The number of nitrogens with two attached hydrogens (primary N) is 1. The highest BCUT2D eigenvalue weighted by molar-refractivity contribution is 4.95. The van der Waals surface area contributed by atoms with E-state index in [1.165, 1.54) is 25.9 Å². The van der Waals surface area contributed by atoms with E-state index in [2.05, 4.69) is 18.7 Å². The van der Waals surface area contributed by atoms with Crippen LogP contribution in [-0.4, -0.2) is 30.1 Å². The highest BCUT2D eigenvalue weighted by Crippen LogP contribution is 2.36. The lowest BCUT2D eigenvalue weighted by Gasteiger charge is -2.38. The Morgan fingerprint density at radius 3 is 2.08 bits per heavy atom. The summed E-state index contributed by atoms with van der Waals surface area (Å²) in [6, 6.07) is 1.22. The van der Waals surface area contributed by atoms with Crippen LogP contribution in [-0.2, 0) is 0 Å². The number of rotatable bonds is 1. The van der Waals surface area contributed by atoms with Crippen LogP contribution in [0.25, 0.3) is 0 Å². The molecule has 2 nitrogen and oxygen atoms in total. The maximum absolute atomic E-state index is 6.12. The highest BCUT2D eigenvalue weighted by atomic mass is 15.2. The lowest BCUT2D eigenvalue weighted by atomic mass is 9.92. The van der Waals surface area contributed by atoms with E-state index in [1.807, 2.05) is 0 Å². The molecule has 2 N–H and O–H groups in total. The van der Waals surface area contributed by atoms with Gasteiger partial charge in [-0.3, -0.25) is 0 Å². The molecule has 1 saturated carbocycles. The van der Waals surface area contributed by atoms with E-state index in [-0.39, 0.29) is 0 Å². The van der Waals surface area contributed by atoms with E-state index in [0.29, 0.717) is 12.1 Å². The Labute approximate surface area is 75.1 Å². The first kappa shape index (κ1) is 8.52. The lowest BCUT2D eigenvalue weighted by Crippen LogP contribution is -2.50. The number of likely N-dealkylation sites (tertiary alicyclic amines) is 1. The second kappa shape index (κ2) is 3.00. The topological polar surface area (TPSA) is 29.3 Å². The van der Waals surface area contributed by atoms with E-state index >= 15 is 0 Å². The van der Waals surface area contributed by atoms with Gasteiger partial charge in [-0.05, 0) is 38.5 Å². The number of piperidine rings is 1. The van der Waals surface area contributed by atoms with E-state index in [1.54, 1.807) is 0 Å². The van der Waals surface area contributed by atoms with Crippen LogP contribution in [0.3, 0.4) is 0 Å². The molecule has 0 aromatic heterocycles. The van der Waals surface area contributed by atoms with E-state index in [0.717, 1.165) is 11.8 Å². The van der Waals surface area contributed by atoms with E-state index < -0.39 is 0 Å². The molecule has 2 fully saturated rings. The second-order valence-electron chi connectivity index (χ2n) is 4.72. The molecule has 3 atom stereocenters. The van der Waals surface area contributed by atoms with Gasteiger partial charge in [0.15, 0.2) is 0 Å². The summed E-state index contributed by atoms with van der Waals surface area (Å²) in [6.45, 7) is 7.07. The second-order valence-corrected chi connectivity index (χ2v) is 4.72. The summed E-state index contributed by atoms with van der Waals surface area (Å²) in [6.07, 6.45) is 2.74. The fraction of sp³-hybridized carbons (Fsp3) is 1.00. The van der Waals surface area contributed by atoms with Crippen LogP contribution in [0.2, 0.25) is 0 Å². The van der Waals surface area contributed by atoms with Crippen molar-refractivity contribution < 1.29 is 0 Å². The fourth-order valence-corrected chi connectivity index (χ4v) is 2.72. The molecule has 1 aliphatic heterocycles. The third kappa shape index (κ3) is 1.27. The predicted molar refractivity (Wildman–Crippen MR) is 50.9 cm³/mol. The Morgan fingerprint density at radius 1 is 1.17 bits per heavy atom. The number of fused-ring (bicyclic) bond motifs is 2. The molecular weight excluding hydrogens is 148 g/mol. The SMILES string of the molecule is CC(C)N1C[C@H]2CC[C@@H](C1)[C@H]2N. The third-order valence-electron chi connectivity index (χ3n) is 3.67. The van der Waals surface area contributed by atoms with Crippen molar-refractivity contribution in [2.45, 2.75) is 38.8 Å². The smallest absolute Gasteiger partial charge is 0.0120 e. The van der Waals surface area contributed by atoms with Crippen LogP contribution < -0.4 is 5.73 Å².